The Bertz CT molecular complexity index is 758. The summed E-state index contributed by atoms with van der Waals surface area (Å²) in [6, 6.07) is 0. The summed E-state index contributed by atoms with van der Waals surface area (Å²) in [7, 11) is 0. The molecule has 0 saturated carbocycles. The van der Waals surface area contributed by atoms with Gasteiger partial charge < -0.3 is 0 Å². The fraction of sp³-hybridized carbons (Fsp3) is 0.818. The van der Waals surface area contributed by atoms with Gasteiger partial charge in [-0.05, 0) is 0 Å². The Morgan fingerprint density at radius 1 is 0.273 bits per heavy atom. The minimum atomic E-state index is -9.01. The Morgan fingerprint density at radius 3 is 0.788 bits per heavy atom. The van der Waals surface area contributed by atoms with E-state index in [1.807, 2.05) is 0 Å². The van der Waals surface area contributed by atoms with Crippen molar-refractivity contribution in [1.82, 2.24) is 0 Å². The monoisotopic (exact) mass is 550 g/mol. The highest BCUT2D eigenvalue weighted by Crippen LogP contribution is 2.63. The van der Waals surface area contributed by atoms with Gasteiger partial charge in [0.15, 0.2) is 0 Å². The third kappa shape index (κ3) is 4.03. The average molecular weight is 550 g/mol. The Morgan fingerprint density at radius 2 is 0.515 bits per heavy atom. The zero-order valence-electron chi connectivity index (χ0n) is 13.8. The Hall–Kier alpha value is -1.80. The maximum atomic E-state index is 13.2. The smallest absolute Gasteiger partial charge is 0.202 e. The third-order valence-electron chi connectivity index (χ3n) is 3.43. The van der Waals surface area contributed by atoms with Gasteiger partial charge in [-0.25, -0.2) is 8.78 Å². The minimum absolute atomic E-state index is 5.40. The number of hydrogen-bond donors (Lipinski definition) is 0. The van der Waals surface area contributed by atoms with Crippen molar-refractivity contribution >= 4 is 0 Å². The van der Waals surface area contributed by atoms with Crippen molar-refractivity contribution in [2.45, 2.75) is 53.8 Å². The first-order chi connectivity index (χ1) is 13.8. The lowest BCUT2D eigenvalue weighted by atomic mass is 9.90. The van der Waals surface area contributed by atoms with Crippen LogP contribution in [0.15, 0.2) is 11.7 Å². The van der Waals surface area contributed by atoms with Gasteiger partial charge in [0.2, 0.25) is 11.7 Å². The molecule has 0 aliphatic rings. The molecule has 33 heavy (non-hydrogen) atoms. The highest BCUT2D eigenvalue weighted by Gasteiger charge is 2.94. The summed E-state index contributed by atoms with van der Waals surface area (Å²) in [4.78, 5) is 0. The summed E-state index contributed by atoms with van der Waals surface area (Å²) in [6.07, 6.45) is -15.5. The van der Waals surface area contributed by atoms with Crippen molar-refractivity contribution in [2.75, 3.05) is 0 Å². The van der Waals surface area contributed by atoms with Gasteiger partial charge in [-0.1, -0.05) is 0 Å². The third-order valence-corrected chi connectivity index (χ3v) is 3.43. The van der Waals surface area contributed by atoms with Crippen LogP contribution in [0.5, 0.6) is 0 Å². The van der Waals surface area contributed by atoms with Crippen LogP contribution in [0, 0.1) is 0 Å². The quantitative estimate of drug-likeness (QED) is 0.285. The van der Waals surface area contributed by atoms with E-state index in [0.29, 0.717) is 0 Å². The number of rotatable bonds is 7. The van der Waals surface area contributed by atoms with Crippen LogP contribution in [-0.4, -0.2) is 53.8 Å². The van der Waals surface area contributed by atoms with Gasteiger partial charge in [0.25, 0.3) is 0 Å². The molecule has 0 aromatic heterocycles. The van der Waals surface area contributed by atoms with Gasteiger partial charge in [-0.15, -0.1) is 0 Å². The van der Waals surface area contributed by atoms with E-state index in [9.17, 15) is 96.6 Å². The molecule has 0 heterocycles. The SMILES string of the molecule is FC(=C(F)C(F)(F)C(F)(F)C(F)(F)C(F)(F)C(F)(F)C(F)(F)C(F)(F)F)C(F)(F)C(F)(F)F. The summed E-state index contributed by atoms with van der Waals surface area (Å²) in [5, 5.41) is 0. The fourth-order valence-electron chi connectivity index (χ4n) is 1.50. The Balaban J connectivity index is 7.00. The van der Waals surface area contributed by atoms with Crippen molar-refractivity contribution < 1.29 is 96.6 Å². The van der Waals surface area contributed by atoms with Crippen molar-refractivity contribution in [3.63, 3.8) is 0 Å². The second-order valence-corrected chi connectivity index (χ2v) is 5.64. The zero-order chi connectivity index (χ0) is 27.7. The normalized spacial score (nSPS) is 17.3. The Kier molecular flexibility index (Phi) is 7.19. The summed E-state index contributed by atoms with van der Waals surface area (Å²) >= 11 is 0. The largest absolute Gasteiger partial charge is 0.460 e. The van der Waals surface area contributed by atoms with Crippen LogP contribution in [0.2, 0.25) is 0 Å². The van der Waals surface area contributed by atoms with Crippen molar-refractivity contribution in [3.8, 4) is 0 Å². The average Bonchev–Trinajstić information content (AvgIpc) is 2.57. The molecule has 0 rings (SSSR count). The topological polar surface area (TPSA) is 0 Å². The summed E-state index contributed by atoms with van der Waals surface area (Å²) in [6.45, 7) is 0. The van der Waals surface area contributed by atoms with Gasteiger partial charge in [0, 0.05) is 0 Å². The van der Waals surface area contributed by atoms with Crippen LogP contribution in [0.4, 0.5) is 96.6 Å². The predicted molar refractivity (Wildman–Crippen MR) is 56.0 cm³/mol. The van der Waals surface area contributed by atoms with E-state index in [1.165, 1.54) is 0 Å². The zero-order valence-corrected chi connectivity index (χ0v) is 13.8. The second-order valence-electron chi connectivity index (χ2n) is 5.64. The van der Waals surface area contributed by atoms with Gasteiger partial charge in [-0.2, -0.15) is 87.8 Å². The number of allylic oxidation sites excluding steroid dienone is 2. The molecule has 0 fully saturated rings. The Labute approximate surface area is 163 Å². The van der Waals surface area contributed by atoms with Gasteiger partial charge in [0.1, 0.15) is 0 Å². The predicted octanol–water partition coefficient (Wildman–Crippen LogP) is 7.71. The molecular weight excluding hydrogens is 550 g/mol. The molecule has 0 aromatic carbocycles. The van der Waals surface area contributed by atoms with Gasteiger partial charge in [-0.3, -0.25) is 0 Å². The lowest BCUT2D eigenvalue weighted by Gasteiger charge is -2.41. The molecule has 0 bridgehead atoms. The van der Waals surface area contributed by atoms with E-state index < -0.39 is 65.5 Å². The van der Waals surface area contributed by atoms with E-state index in [1.54, 1.807) is 0 Å². The molecule has 0 N–H and O–H groups in total. The highest BCUT2D eigenvalue weighted by molar-refractivity contribution is 5.25. The molecule has 0 unspecified atom stereocenters. The lowest BCUT2D eigenvalue weighted by Crippen LogP contribution is -2.72. The molecule has 198 valence electrons. The molecule has 0 aliphatic carbocycles. The molecule has 0 aromatic rings. The van der Waals surface area contributed by atoms with Crippen LogP contribution in [0.1, 0.15) is 0 Å². The van der Waals surface area contributed by atoms with E-state index >= 15 is 0 Å². The molecule has 0 spiro atoms. The molecule has 22 heteroatoms. The van der Waals surface area contributed by atoms with Crippen molar-refractivity contribution in [2.24, 2.45) is 0 Å². The van der Waals surface area contributed by atoms with E-state index in [2.05, 4.69) is 0 Å². The van der Waals surface area contributed by atoms with Crippen LogP contribution in [0.3, 0.4) is 0 Å². The lowest BCUT2D eigenvalue weighted by molar-refractivity contribution is -0.451. The molecular formula is C11F22. The van der Waals surface area contributed by atoms with Crippen LogP contribution in [0.25, 0.3) is 0 Å². The van der Waals surface area contributed by atoms with Crippen molar-refractivity contribution in [3.05, 3.63) is 11.7 Å². The van der Waals surface area contributed by atoms with Gasteiger partial charge >= 0.3 is 53.8 Å². The van der Waals surface area contributed by atoms with Crippen LogP contribution >= 0.6 is 0 Å². The maximum Gasteiger partial charge on any atom is 0.460 e. The molecule has 0 radical (unpaired) electrons. The molecule has 0 atom stereocenters. The first kappa shape index (κ1) is 31.2. The minimum Gasteiger partial charge on any atom is -0.202 e. The standard InChI is InChI=1S/C11F22/c12-1(2(13)4(16,17)10(28,29)30)3(14,15)5(18,19)6(20,21)7(22,23)8(24,25)9(26,27)11(31,32)33. The first-order valence-corrected chi connectivity index (χ1v) is 6.66. The maximum absolute atomic E-state index is 13.2. The fourth-order valence-corrected chi connectivity index (χ4v) is 1.50. The molecule has 0 amide bonds. The molecule has 0 nitrogen and oxygen atoms in total. The second kappa shape index (κ2) is 7.60. The van der Waals surface area contributed by atoms with Gasteiger partial charge in [0.05, 0.1) is 0 Å². The van der Waals surface area contributed by atoms with Crippen molar-refractivity contribution in [1.29, 1.82) is 0 Å². The number of alkyl halides is 20. The summed E-state index contributed by atoms with van der Waals surface area (Å²) in [5.74, 6) is -71.0. The van der Waals surface area contributed by atoms with E-state index in [-0.39, 0.29) is 0 Å². The van der Waals surface area contributed by atoms with E-state index in [4.69, 9.17) is 0 Å². The van der Waals surface area contributed by atoms with Crippen LogP contribution < -0.4 is 0 Å². The molecule has 0 aliphatic heterocycles. The summed E-state index contributed by atoms with van der Waals surface area (Å²) < 4.78 is 277. The van der Waals surface area contributed by atoms with E-state index in [0.717, 1.165) is 0 Å². The van der Waals surface area contributed by atoms with Crippen LogP contribution in [-0.2, 0) is 0 Å². The first-order valence-electron chi connectivity index (χ1n) is 6.66. The highest BCUT2D eigenvalue weighted by atomic mass is 19.4. The molecule has 0 saturated heterocycles. The number of halogens is 22. The summed E-state index contributed by atoms with van der Waals surface area (Å²) in [5.41, 5.74) is 0. The number of hydrogen-bond acceptors (Lipinski definition) is 0.